The molecule has 1 aromatic rings. The standard InChI is InChI=1S/C13H19NO3S/c1-10(11-7-8-17-9-11)14-12-3-5-13(6-4-12)18(2,15)16/h3-6,10-11,14H,7-9H2,1-2H3. The summed E-state index contributed by atoms with van der Waals surface area (Å²) in [4.78, 5) is 0.352. The zero-order valence-corrected chi connectivity index (χ0v) is 11.5. The molecule has 4 nitrogen and oxygen atoms in total. The van der Waals surface area contributed by atoms with Crippen molar-refractivity contribution < 1.29 is 13.2 Å². The lowest BCUT2D eigenvalue weighted by Gasteiger charge is -2.20. The van der Waals surface area contributed by atoms with E-state index >= 15 is 0 Å². The lowest BCUT2D eigenvalue weighted by Crippen LogP contribution is -2.26. The summed E-state index contributed by atoms with van der Waals surface area (Å²) in [5.41, 5.74) is 0.946. The Balaban J connectivity index is 2.02. The van der Waals surface area contributed by atoms with Crippen LogP contribution in [0.15, 0.2) is 29.2 Å². The number of anilines is 1. The molecular weight excluding hydrogens is 250 g/mol. The van der Waals surface area contributed by atoms with E-state index in [0.29, 0.717) is 16.9 Å². The third kappa shape index (κ3) is 3.23. The Morgan fingerprint density at radius 1 is 1.33 bits per heavy atom. The molecule has 2 atom stereocenters. The summed E-state index contributed by atoms with van der Waals surface area (Å²) in [5, 5.41) is 3.39. The predicted octanol–water partition coefficient (Wildman–Crippen LogP) is 1.93. The van der Waals surface area contributed by atoms with E-state index in [9.17, 15) is 8.42 Å². The molecule has 0 aliphatic carbocycles. The number of hydrogen-bond acceptors (Lipinski definition) is 4. The van der Waals surface area contributed by atoms with E-state index in [-0.39, 0.29) is 0 Å². The second-order valence-electron chi connectivity index (χ2n) is 4.85. The molecule has 18 heavy (non-hydrogen) atoms. The Bertz CT molecular complexity index is 489. The molecule has 0 aromatic heterocycles. The van der Waals surface area contributed by atoms with Crippen LogP contribution in [0.2, 0.25) is 0 Å². The maximum atomic E-state index is 11.3. The maximum absolute atomic E-state index is 11.3. The summed E-state index contributed by atoms with van der Waals surface area (Å²) < 4.78 is 28.0. The first kappa shape index (κ1) is 13.4. The molecule has 0 bridgehead atoms. The number of rotatable bonds is 4. The topological polar surface area (TPSA) is 55.4 Å². The Hall–Kier alpha value is -1.07. The first-order chi connectivity index (χ1) is 8.47. The van der Waals surface area contributed by atoms with Gasteiger partial charge in [-0.05, 0) is 37.6 Å². The van der Waals surface area contributed by atoms with Gasteiger partial charge in [0.2, 0.25) is 0 Å². The van der Waals surface area contributed by atoms with Gasteiger partial charge < -0.3 is 10.1 Å². The third-order valence-electron chi connectivity index (χ3n) is 3.35. The van der Waals surface area contributed by atoms with Crippen molar-refractivity contribution in [3.63, 3.8) is 0 Å². The van der Waals surface area contributed by atoms with Crippen molar-refractivity contribution in [1.82, 2.24) is 0 Å². The summed E-state index contributed by atoms with van der Waals surface area (Å²) in [6, 6.07) is 7.22. The lowest BCUT2D eigenvalue weighted by atomic mass is 10.0. The fraction of sp³-hybridized carbons (Fsp3) is 0.538. The van der Waals surface area contributed by atoms with E-state index < -0.39 is 9.84 Å². The van der Waals surface area contributed by atoms with Gasteiger partial charge in [-0.15, -0.1) is 0 Å². The smallest absolute Gasteiger partial charge is 0.175 e. The average Bonchev–Trinajstić information content (AvgIpc) is 2.82. The molecule has 1 aromatic carbocycles. The minimum absolute atomic E-state index is 0.330. The third-order valence-corrected chi connectivity index (χ3v) is 4.48. The molecule has 100 valence electrons. The molecule has 0 radical (unpaired) electrons. The fourth-order valence-corrected chi connectivity index (χ4v) is 2.76. The molecule has 1 aliphatic rings. The van der Waals surface area contributed by atoms with E-state index in [1.807, 2.05) is 12.1 Å². The number of benzene rings is 1. The number of nitrogens with one attached hydrogen (secondary N) is 1. The molecule has 0 saturated carbocycles. The van der Waals surface area contributed by atoms with E-state index in [2.05, 4.69) is 12.2 Å². The fourth-order valence-electron chi connectivity index (χ4n) is 2.13. The molecule has 0 spiro atoms. The summed E-state index contributed by atoms with van der Waals surface area (Å²) in [5.74, 6) is 0.527. The van der Waals surface area contributed by atoms with Crippen LogP contribution in [0.3, 0.4) is 0 Å². The summed E-state index contributed by atoms with van der Waals surface area (Å²) in [6.45, 7) is 3.77. The van der Waals surface area contributed by atoms with Gasteiger partial charge in [0.1, 0.15) is 0 Å². The van der Waals surface area contributed by atoms with Gasteiger partial charge in [-0.1, -0.05) is 0 Å². The van der Waals surface area contributed by atoms with E-state index in [1.165, 1.54) is 6.26 Å². The molecule has 1 heterocycles. The number of hydrogen-bond donors (Lipinski definition) is 1. The van der Waals surface area contributed by atoms with Crippen LogP contribution in [-0.4, -0.2) is 33.9 Å². The van der Waals surface area contributed by atoms with Crippen LogP contribution in [0.4, 0.5) is 5.69 Å². The highest BCUT2D eigenvalue weighted by Gasteiger charge is 2.22. The van der Waals surface area contributed by atoms with Crippen LogP contribution >= 0.6 is 0 Å². The van der Waals surface area contributed by atoms with Gasteiger partial charge in [0.25, 0.3) is 0 Å². The maximum Gasteiger partial charge on any atom is 0.175 e. The number of ether oxygens (including phenoxy) is 1. The molecule has 0 amide bonds. The van der Waals surface area contributed by atoms with Gasteiger partial charge in [0, 0.05) is 30.5 Å². The highest BCUT2D eigenvalue weighted by Crippen LogP contribution is 2.21. The Morgan fingerprint density at radius 2 is 2.00 bits per heavy atom. The minimum Gasteiger partial charge on any atom is -0.382 e. The van der Waals surface area contributed by atoms with Gasteiger partial charge in [-0.2, -0.15) is 0 Å². The van der Waals surface area contributed by atoms with Crippen LogP contribution in [0.1, 0.15) is 13.3 Å². The van der Waals surface area contributed by atoms with E-state index in [0.717, 1.165) is 25.3 Å². The Morgan fingerprint density at radius 3 is 2.50 bits per heavy atom. The summed E-state index contributed by atoms with van der Waals surface area (Å²) >= 11 is 0. The highest BCUT2D eigenvalue weighted by molar-refractivity contribution is 7.90. The van der Waals surface area contributed by atoms with Gasteiger partial charge >= 0.3 is 0 Å². The average molecular weight is 269 g/mol. The molecule has 1 saturated heterocycles. The van der Waals surface area contributed by atoms with Crippen molar-refractivity contribution in [2.75, 3.05) is 24.8 Å². The van der Waals surface area contributed by atoms with Crippen molar-refractivity contribution >= 4 is 15.5 Å². The SMILES string of the molecule is CC(Nc1ccc(S(C)(=O)=O)cc1)C1CCOC1. The van der Waals surface area contributed by atoms with Gasteiger partial charge in [0.15, 0.2) is 9.84 Å². The first-order valence-corrected chi connectivity index (χ1v) is 8.00. The number of sulfone groups is 1. The molecule has 1 aliphatic heterocycles. The minimum atomic E-state index is -3.11. The van der Waals surface area contributed by atoms with Crippen molar-refractivity contribution in [1.29, 1.82) is 0 Å². The zero-order valence-electron chi connectivity index (χ0n) is 10.7. The normalized spacial score (nSPS) is 21.8. The van der Waals surface area contributed by atoms with Gasteiger partial charge in [-0.3, -0.25) is 0 Å². The monoisotopic (exact) mass is 269 g/mol. The van der Waals surface area contributed by atoms with Crippen molar-refractivity contribution in [3.05, 3.63) is 24.3 Å². The molecule has 2 rings (SSSR count). The van der Waals surface area contributed by atoms with Gasteiger partial charge in [0.05, 0.1) is 11.5 Å². The molecular formula is C13H19NO3S. The molecule has 1 N–H and O–H groups in total. The van der Waals surface area contributed by atoms with Crippen LogP contribution in [0.25, 0.3) is 0 Å². The first-order valence-electron chi connectivity index (χ1n) is 6.11. The molecule has 5 heteroatoms. The van der Waals surface area contributed by atoms with E-state index in [1.54, 1.807) is 12.1 Å². The second-order valence-corrected chi connectivity index (χ2v) is 6.87. The van der Waals surface area contributed by atoms with Crippen LogP contribution in [0.5, 0.6) is 0 Å². The second kappa shape index (κ2) is 5.28. The largest absolute Gasteiger partial charge is 0.382 e. The van der Waals surface area contributed by atoms with Crippen LogP contribution in [0, 0.1) is 5.92 Å². The molecule has 1 fully saturated rings. The Labute approximate surface area is 108 Å². The van der Waals surface area contributed by atoms with Crippen molar-refractivity contribution in [2.45, 2.75) is 24.3 Å². The molecule has 2 unspecified atom stereocenters. The predicted molar refractivity (Wildman–Crippen MR) is 71.6 cm³/mol. The lowest BCUT2D eigenvalue weighted by molar-refractivity contribution is 0.183. The zero-order chi connectivity index (χ0) is 13.2. The highest BCUT2D eigenvalue weighted by atomic mass is 32.2. The Kier molecular flexibility index (Phi) is 3.92. The quantitative estimate of drug-likeness (QED) is 0.907. The van der Waals surface area contributed by atoms with E-state index in [4.69, 9.17) is 4.74 Å². The van der Waals surface area contributed by atoms with Crippen LogP contribution < -0.4 is 5.32 Å². The van der Waals surface area contributed by atoms with Crippen LogP contribution in [-0.2, 0) is 14.6 Å². The van der Waals surface area contributed by atoms with Crippen molar-refractivity contribution in [2.24, 2.45) is 5.92 Å². The summed E-state index contributed by atoms with van der Waals surface area (Å²) in [6.07, 6.45) is 2.30. The van der Waals surface area contributed by atoms with Crippen molar-refractivity contribution in [3.8, 4) is 0 Å². The van der Waals surface area contributed by atoms with Gasteiger partial charge in [-0.25, -0.2) is 8.42 Å². The summed E-state index contributed by atoms with van der Waals surface area (Å²) in [7, 11) is -3.11.